The van der Waals surface area contributed by atoms with Crippen LogP contribution in [0.2, 0.25) is 0 Å². The molecule has 0 unspecified atom stereocenters. The number of rotatable bonds is 5. The monoisotopic (exact) mass is 327 g/mol. The highest BCUT2D eigenvalue weighted by molar-refractivity contribution is 5.56. The van der Waals surface area contributed by atoms with Crippen LogP contribution in [-0.2, 0) is 0 Å². The standard InChI is InChI=1S/C16H17N5O3/c1-23-11-5-3-10(4-6-11)15-19-16(24-20-15)18-12-9-13(22)14(12)21-8-2-7-17-21/h2-8,12-14,22H,9H2,1H3,(H,18,19,20)/t12-,13+,14+/m0/s1. The second-order valence-corrected chi connectivity index (χ2v) is 5.68. The average Bonchev–Trinajstić information content (AvgIpc) is 3.26. The fourth-order valence-corrected chi connectivity index (χ4v) is 2.87. The van der Waals surface area contributed by atoms with Crippen LogP contribution in [0.15, 0.2) is 47.2 Å². The Balaban J connectivity index is 1.47. The Morgan fingerprint density at radius 1 is 1.33 bits per heavy atom. The lowest BCUT2D eigenvalue weighted by molar-refractivity contribution is 0.0125. The van der Waals surface area contributed by atoms with Gasteiger partial charge in [0.25, 0.3) is 0 Å². The minimum atomic E-state index is -0.439. The lowest BCUT2D eigenvalue weighted by atomic mass is 9.83. The van der Waals surface area contributed by atoms with Crippen molar-refractivity contribution in [3.8, 4) is 17.1 Å². The number of nitrogens with one attached hydrogen (secondary N) is 1. The van der Waals surface area contributed by atoms with Crippen LogP contribution in [0.3, 0.4) is 0 Å². The summed E-state index contributed by atoms with van der Waals surface area (Å²) >= 11 is 0. The lowest BCUT2D eigenvalue weighted by Gasteiger charge is -2.41. The third-order valence-electron chi connectivity index (χ3n) is 4.22. The smallest absolute Gasteiger partial charge is 0.322 e. The first-order valence-corrected chi connectivity index (χ1v) is 7.66. The second kappa shape index (κ2) is 5.97. The maximum Gasteiger partial charge on any atom is 0.322 e. The number of hydrogen-bond acceptors (Lipinski definition) is 7. The van der Waals surface area contributed by atoms with Crippen molar-refractivity contribution in [2.45, 2.75) is 24.6 Å². The quantitative estimate of drug-likeness (QED) is 0.736. The van der Waals surface area contributed by atoms with Crippen molar-refractivity contribution in [2.75, 3.05) is 12.4 Å². The van der Waals surface area contributed by atoms with Gasteiger partial charge in [0.15, 0.2) is 0 Å². The molecule has 4 rings (SSSR count). The molecule has 124 valence electrons. The summed E-state index contributed by atoms with van der Waals surface area (Å²) in [5.41, 5.74) is 0.838. The number of ether oxygens (including phenoxy) is 1. The molecule has 0 saturated heterocycles. The van der Waals surface area contributed by atoms with Gasteiger partial charge in [-0.15, -0.1) is 0 Å². The summed E-state index contributed by atoms with van der Waals surface area (Å²) in [5, 5.41) is 21.3. The van der Waals surface area contributed by atoms with E-state index in [0.717, 1.165) is 11.3 Å². The van der Waals surface area contributed by atoms with Crippen molar-refractivity contribution in [1.82, 2.24) is 19.9 Å². The Morgan fingerprint density at radius 2 is 2.17 bits per heavy atom. The molecule has 1 aromatic carbocycles. The van der Waals surface area contributed by atoms with E-state index in [1.54, 1.807) is 18.0 Å². The van der Waals surface area contributed by atoms with E-state index in [1.807, 2.05) is 36.5 Å². The van der Waals surface area contributed by atoms with Crippen LogP contribution in [0.1, 0.15) is 12.5 Å². The minimum absolute atomic E-state index is 0.0101. The highest BCUT2D eigenvalue weighted by Crippen LogP contribution is 2.34. The number of benzene rings is 1. The van der Waals surface area contributed by atoms with Crippen LogP contribution in [-0.4, -0.2) is 44.3 Å². The van der Waals surface area contributed by atoms with E-state index in [9.17, 15) is 5.11 Å². The summed E-state index contributed by atoms with van der Waals surface area (Å²) < 4.78 is 12.1. The minimum Gasteiger partial charge on any atom is -0.497 e. The van der Waals surface area contributed by atoms with E-state index in [0.29, 0.717) is 18.3 Å². The van der Waals surface area contributed by atoms with Crippen LogP contribution >= 0.6 is 0 Å². The summed E-state index contributed by atoms with van der Waals surface area (Å²) in [7, 11) is 1.62. The molecule has 8 heteroatoms. The topological polar surface area (TPSA) is 98.2 Å². The van der Waals surface area contributed by atoms with Gasteiger partial charge in [0.05, 0.1) is 25.3 Å². The first kappa shape index (κ1) is 14.7. The van der Waals surface area contributed by atoms with Gasteiger partial charge in [0, 0.05) is 18.0 Å². The van der Waals surface area contributed by atoms with Crippen LogP contribution in [0.4, 0.5) is 6.01 Å². The highest BCUT2D eigenvalue weighted by atomic mass is 16.5. The van der Waals surface area contributed by atoms with Crippen molar-refractivity contribution in [2.24, 2.45) is 0 Å². The van der Waals surface area contributed by atoms with Crippen molar-refractivity contribution >= 4 is 6.01 Å². The SMILES string of the molecule is COc1ccc(-c2noc(N[C@H]3C[C@@H](O)[C@@H]3n3cccn3)n2)cc1. The number of anilines is 1. The summed E-state index contributed by atoms with van der Waals surface area (Å²) in [6.07, 6.45) is 3.69. The molecule has 0 bridgehead atoms. The molecule has 24 heavy (non-hydrogen) atoms. The Hall–Kier alpha value is -2.87. The Labute approximate surface area is 138 Å². The van der Waals surface area contributed by atoms with Crippen LogP contribution < -0.4 is 10.1 Å². The molecular weight excluding hydrogens is 310 g/mol. The Morgan fingerprint density at radius 3 is 2.83 bits per heavy atom. The maximum atomic E-state index is 9.98. The van der Waals surface area contributed by atoms with Gasteiger partial charge in [-0.25, -0.2) is 0 Å². The third kappa shape index (κ3) is 2.61. The predicted octanol–water partition coefficient (Wildman–Crippen LogP) is 1.73. The van der Waals surface area contributed by atoms with E-state index in [1.165, 1.54) is 0 Å². The summed E-state index contributed by atoms with van der Waals surface area (Å²) in [6.45, 7) is 0. The van der Waals surface area contributed by atoms with Crippen molar-refractivity contribution in [3.05, 3.63) is 42.7 Å². The van der Waals surface area contributed by atoms with E-state index in [-0.39, 0.29) is 12.1 Å². The Bertz CT molecular complexity index is 799. The van der Waals surface area contributed by atoms with Crippen LogP contribution in [0, 0.1) is 0 Å². The zero-order valence-electron chi connectivity index (χ0n) is 13.0. The molecule has 8 nitrogen and oxygen atoms in total. The predicted molar refractivity (Wildman–Crippen MR) is 85.6 cm³/mol. The Kier molecular flexibility index (Phi) is 3.66. The van der Waals surface area contributed by atoms with E-state index >= 15 is 0 Å². The molecule has 2 N–H and O–H groups in total. The van der Waals surface area contributed by atoms with E-state index in [4.69, 9.17) is 9.26 Å². The number of aliphatic hydroxyl groups excluding tert-OH is 1. The summed E-state index contributed by atoms with van der Waals surface area (Å²) in [6, 6.07) is 9.43. The molecule has 2 aromatic heterocycles. The van der Waals surface area contributed by atoms with Gasteiger partial charge in [-0.05, 0) is 36.8 Å². The third-order valence-corrected chi connectivity index (χ3v) is 4.22. The fraction of sp³-hybridized carbons (Fsp3) is 0.312. The van der Waals surface area contributed by atoms with E-state index in [2.05, 4.69) is 20.6 Å². The average molecular weight is 327 g/mol. The molecule has 0 radical (unpaired) electrons. The molecule has 0 spiro atoms. The maximum absolute atomic E-state index is 9.98. The molecule has 1 fully saturated rings. The van der Waals surface area contributed by atoms with Gasteiger partial charge in [-0.3, -0.25) is 4.68 Å². The second-order valence-electron chi connectivity index (χ2n) is 5.68. The molecule has 0 amide bonds. The van der Waals surface area contributed by atoms with Crippen LogP contribution in [0.5, 0.6) is 5.75 Å². The van der Waals surface area contributed by atoms with Gasteiger partial charge >= 0.3 is 6.01 Å². The molecule has 1 aliphatic rings. The molecule has 2 heterocycles. The number of aromatic nitrogens is 4. The molecule has 3 aromatic rings. The molecule has 0 aliphatic heterocycles. The van der Waals surface area contributed by atoms with Crippen molar-refractivity contribution < 1.29 is 14.4 Å². The van der Waals surface area contributed by atoms with Crippen molar-refractivity contribution in [1.29, 1.82) is 0 Å². The van der Waals surface area contributed by atoms with E-state index < -0.39 is 6.10 Å². The lowest BCUT2D eigenvalue weighted by Crippen LogP contribution is -2.51. The first-order valence-electron chi connectivity index (χ1n) is 7.66. The largest absolute Gasteiger partial charge is 0.497 e. The first-order chi connectivity index (χ1) is 11.7. The molecule has 1 saturated carbocycles. The van der Waals surface area contributed by atoms with Gasteiger partial charge in [-0.1, -0.05) is 5.16 Å². The number of aliphatic hydroxyl groups is 1. The summed E-state index contributed by atoms with van der Waals surface area (Å²) in [5.74, 6) is 1.27. The number of nitrogens with zero attached hydrogens (tertiary/aromatic N) is 4. The van der Waals surface area contributed by atoms with Gasteiger partial charge < -0.3 is 19.7 Å². The number of hydrogen-bond donors (Lipinski definition) is 2. The molecular formula is C16H17N5O3. The fourth-order valence-electron chi connectivity index (χ4n) is 2.87. The van der Waals surface area contributed by atoms with Gasteiger partial charge in [-0.2, -0.15) is 10.1 Å². The van der Waals surface area contributed by atoms with Gasteiger partial charge in [0.2, 0.25) is 5.82 Å². The highest BCUT2D eigenvalue weighted by Gasteiger charge is 2.42. The normalized spacial score (nSPS) is 22.8. The van der Waals surface area contributed by atoms with Crippen molar-refractivity contribution in [3.63, 3.8) is 0 Å². The molecule has 3 atom stereocenters. The molecule has 1 aliphatic carbocycles. The summed E-state index contributed by atoms with van der Waals surface area (Å²) in [4.78, 5) is 4.36. The van der Waals surface area contributed by atoms with Crippen LogP contribution in [0.25, 0.3) is 11.4 Å². The van der Waals surface area contributed by atoms with Gasteiger partial charge in [0.1, 0.15) is 5.75 Å². The zero-order chi connectivity index (χ0) is 16.5. The number of methoxy groups -OCH3 is 1. The zero-order valence-corrected chi connectivity index (χ0v) is 13.0.